The van der Waals surface area contributed by atoms with Crippen LogP contribution in [0.5, 0.6) is 0 Å². The molecule has 0 amide bonds. The maximum atomic E-state index is 5.64. The zero-order valence-corrected chi connectivity index (χ0v) is 9.57. The largest absolute Gasteiger partial charge is 0.363 e. The Balaban J connectivity index is 2.02. The topological polar surface area (TPSA) is 50.7 Å². The van der Waals surface area contributed by atoms with Gasteiger partial charge >= 0.3 is 0 Å². The van der Waals surface area contributed by atoms with E-state index in [4.69, 9.17) is 11.6 Å². The molecule has 2 rings (SSSR count). The number of pyridine rings is 1. The molecule has 0 radical (unpaired) electrons. The Hall–Kier alpha value is -1.68. The second-order valence-corrected chi connectivity index (χ2v) is 3.75. The van der Waals surface area contributed by atoms with Gasteiger partial charge in [0.05, 0.1) is 12.2 Å². The number of rotatable bonds is 3. The summed E-state index contributed by atoms with van der Waals surface area (Å²) < 4.78 is 0. The van der Waals surface area contributed by atoms with E-state index in [2.05, 4.69) is 20.5 Å². The first-order valence-corrected chi connectivity index (χ1v) is 5.27. The first-order valence-electron chi connectivity index (χ1n) is 4.89. The van der Waals surface area contributed by atoms with Gasteiger partial charge in [0, 0.05) is 6.20 Å². The lowest BCUT2D eigenvalue weighted by Gasteiger charge is -2.06. The van der Waals surface area contributed by atoms with Crippen LogP contribution in [0, 0.1) is 6.92 Å². The first-order chi connectivity index (χ1) is 7.75. The van der Waals surface area contributed by atoms with Crippen LogP contribution in [-0.2, 0) is 6.54 Å². The van der Waals surface area contributed by atoms with Crippen LogP contribution in [0.3, 0.4) is 0 Å². The highest BCUT2D eigenvalue weighted by Gasteiger charge is 1.99. The number of anilines is 1. The fraction of sp³-hybridized carbons (Fsp3) is 0.182. The molecular formula is C11H11ClN4. The van der Waals surface area contributed by atoms with Gasteiger partial charge in [-0.2, -0.15) is 0 Å². The van der Waals surface area contributed by atoms with Crippen molar-refractivity contribution in [2.45, 2.75) is 13.5 Å². The van der Waals surface area contributed by atoms with Crippen molar-refractivity contribution in [3.63, 3.8) is 0 Å². The zero-order chi connectivity index (χ0) is 11.4. The lowest BCUT2D eigenvalue weighted by molar-refractivity contribution is 0.967. The predicted octanol–water partition coefficient (Wildman–Crippen LogP) is 2.45. The molecule has 0 aliphatic rings. The summed E-state index contributed by atoms with van der Waals surface area (Å²) in [7, 11) is 0. The van der Waals surface area contributed by atoms with Crippen molar-refractivity contribution in [3.8, 4) is 0 Å². The normalized spacial score (nSPS) is 10.1. The van der Waals surface area contributed by atoms with Crippen LogP contribution in [0.1, 0.15) is 11.3 Å². The van der Waals surface area contributed by atoms with Crippen molar-refractivity contribution in [2.24, 2.45) is 0 Å². The van der Waals surface area contributed by atoms with Crippen LogP contribution in [0.15, 0.2) is 30.5 Å². The minimum Gasteiger partial charge on any atom is -0.363 e. The Kier molecular flexibility index (Phi) is 3.31. The van der Waals surface area contributed by atoms with E-state index in [9.17, 15) is 0 Å². The van der Waals surface area contributed by atoms with E-state index in [1.807, 2.05) is 19.1 Å². The lowest BCUT2D eigenvalue weighted by Crippen LogP contribution is -2.05. The summed E-state index contributed by atoms with van der Waals surface area (Å²) in [5.41, 5.74) is 2.15. The second kappa shape index (κ2) is 4.90. The van der Waals surface area contributed by atoms with E-state index in [1.165, 1.54) is 0 Å². The Bertz CT molecular complexity index is 470. The van der Waals surface area contributed by atoms with Crippen molar-refractivity contribution in [2.75, 3.05) is 5.32 Å². The molecule has 2 aromatic heterocycles. The second-order valence-electron chi connectivity index (χ2n) is 3.36. The molecule has 4 nitrogen and oxygen atoms in total. The van der Waals surface area contributed by atoms with Gasteiger partial charge in [-0.15, -0.1) is 10.2 Å². The van der Waals surface area contributed by atoms with Crippen molar-refractivity contribution in [1.29, 1.82) is 0 Å². The SMILES string of the molecule is Cc1cccnc1CNc1ccc(Cl)nn1. The van der Waals surface area contributed by atoms with Crippen LogP contribution in [0.25, 0.3) is 0 Å². The van der Waals surface area contributed by atoms with E-state index < -0.39 is 0 Å². The summed E-state index contributed by atoms with van der Waals surface area (Å²) in [5, 5.41) is 11.2. The third-order valence-corrected chi connectivity index (χ3v) is 2.39. The van der Waals surface area contributed by atoms with Crippen molar-refractivity contribution >= 4 is 17.4 Å². The summed E-state index contributed by atoms with van der Waals surface area (Å²) in [5.74, 6) is 0.689. The summed E-state index contributed by atoms with van der Waals surface area (Å²) in [6.45, 7) is 2.65. The van der Waals surface area contributed by atoms with Crippen LogP contribution in [0.2, 0.25) is 5.15 Å². The number of aryl methyl sites for hydroxylation is 1. The molecule has 5 heteroatoms. The van der Waals surface area contributed by atoms with Crippen LogP contribution in [-0.4, -0.2) is 15.2 Å². The molecule has 82 valence electrons. The third-order valence-electron chi connectivity index (χ3n) is 2.19. The highest BCUT2D eigenvalue weighted by atomic mass is 35.5. The first kappa shape index (κ1) is 10.8. The van der Waals surface area contributed by atoms with E-state index in [-0.39, 0.29) is 0 Å². The molecule has 0 aliphatic carbocycles. The molecule has 0 saturated carbocycles. The van der Waals surface area contributed by atoms with Crippen LogP contribution < -0.4 is 5.32 Å². The maximum Gasteiger partial charge on any atom is 0.151 e. The molecule has 0 aromatic carbocycles. The molecule has 0 saturated heterocycles. The number of nitrogens with zero attached hydrogens (tertiary/aromatic N) is 3. The summed E-state index contributed by atoms with van der Waals surface area (Å²) in [4.78, 5) is 4.27. The molecule has 0 aliphatic heterocycles. The highest BCUT2D eigenvalue weighted by molar-refractivity contribution is 6.29. The molecule has 0 spiro atoms. The highest BCUT2D eigenvalue weighted by Crippen LogP contribution is 2.09. The minimum atomic E-state index is 0.388. The Morgan fingerprint density at radius 2 is 2.12 bits per heavy atom. The lowest BCUT2D eigenvalue weighted by atomic mass is 10.2. The fourth-order valence-corrected chi connectivity index (χ4v) is 1.39. The maximum absolute atomic E-state index is 5.64. The number of hydrogen-bond acceptors (Lipinski definition) is 4. The third kappa shape index (κ3) is 2.67. The zero-order valence-electron chi connectivity index (χ0n) is 8.81. The summed E-state index contributed by atoms with van der Waals surface area (Å²) >= 11 is 5.64. The standard InChI is InChI=1S/C11H11ClN4/c1-8-3-2-6-13-9(8)7-14-11-5-4-10(12)15-16-11/h2-6H,7H2,1H3,(H,14,16). The molecule has 1 N–H and O–H groups in total. The van der Waals surface area contributed by atoms with E-state index in [0.29, 0.717) is 17.5 Å². The number of nitrogens with one attached hydrogen (secondary N) is 1. The summed E-state index contributed by atoms with van der Waals surface area (Å²) in [6, 6.07) is 7.42. The van der Waals surface area contributed by atoms with E-state index >= 15 is 0 Å². The van der Waals surface area contributed by atoms with Gasteiger partial charge in [-0.3, -0.25) is 4.98 Å². The molecule has 0 atom stereocenters. The van der Waals surface area contributed by atoms with Crippen molar-refractivity contribution in [3.05, 3.63) is 46.9 Å². The van der Waals surface area contributed by atoms with Gasteiger partial charge in [0.25, 0.3) is 0 Å². The summed E-state index contributed by atoms with van der Waals surface area (Å²) in [6.07, 6.45) is 1.78. The average molecular weight is 235 g/mol. The number of hydrogen-bond donors (Lipinski definition) is 1. The van der Waals surface area contributed by atoms with Crippen molar-refractivity contribution in [1.82, 2.24) is 15.2 Å². The van der Waals surface area contributed by atoms with Gasteiger partial charge in [0.1, 0.15) is 5.82 Å². The minimum absolute atomic E-state index is 0.388. The Morgan fingerprint density at radius 3 is 2.81 bits per heavy atom. The molecule has 2 heterocycles. The van der Waals surface area contributed by atoms with Crippen LogP contribution in [0.4, 0.5) is 5.82 Å². The van der Waals surface area contributed by atoms with E-state index in [1.54, 1.807) is 18.3 Å². The monoisotopic (exact) mass is 234 g/mol. The smallest absolute Gasteiger partial charge is 0.151 e. The number of halogens is 1. The quantitative estimate of drug-likeness (QED) is 0.886. The molecule has 16 heavy (non-hydrogen) atoms. The van der Waals surface area contributed by atoms with Crippen molar-refractivity contribution < 1.29 is 0 Å². The van der Waals surface area contributed by atoms with Gasteiger partial charge < -0.3 is 5.32 Å². The van der Waals surface area contributed by atoms with Gasteiger partial charge in [-0.1, -0.05) is 17.7 Å². The fourth-order valence-electron chi connectivity index (χ4n) is 1.29. The van der Waals surface area contributed by atoms with Gasteiger partial charge in [0.15, 0.2) is 5.15 Å². The predicted molar refractivity (Wildman–Crippen MR) is 63.3 cm³/mol. The molecule has 0 bridgehead atoms. The number of aromatic nitrogens is 3. The molecular weight excluding hydrogens is 224 g/mol. The molecule has 0 fully saturated rings. The average Bonchev–Trinajstić information content (AvgIpc) is 2.30. The van der Waals surface area contributed by atoms with E-state index in [0.717, 1.165) is 11.3 Å². The van der Waals surface area contributed by atoms with Crippen LogP contribution >= 0.6 is 11.6 Å². The Morgan fingerprint density at radius 1 is 1.25 bits per heavy atom. The van der Waals surface area contributed by atoms with Gasteiger partial charge in [-0.05, 0) is 30.7 Å². The molecule has 2 aromatic rings. The molecule has 0 unspecified atom stereocenters. The van der Waals surface area contributed by atoms with Gasteiger partial charge in [-0.25, -0.2) is 0 Å². The Labute approximate surface area is 98.7 Å². The van der Waals surface area contributed by atoms with Gasteiger partial charge in [0.2, 0.25) is 0 Å².